The zero-order chi connectivity index (χ0) is 12.6. The van der Waals surface area contributed by atoms with Gasteiger partial charge in [-0.1, -0.05) is 0 Å². The summed E-state index contributed by atoms with van der Waals surface area (Å²) in [7, 11) is 3.34. The zero-order valence-corrected chi connectivity index (χ0v) is 10.1. The molecule has 0 aliphatic heterocycles. The summed E-state index contributed by atoms with van der Waals surface area (Å²) < 4.78 is 6.78. The monoisotopic (exact) mass is 233 g/mol. The Morgan fingerprint density at radius 3 is 2.59 bits per heavy atom. The van der Waals surface area contributed by atoms with Crippen LogP contribution in [0.1, 0.15) is 5.56 Å². The number of aromatic hydroxyl groups is 1. The number of aryl methyl sites for hydroxylation is 2. The Kier molecular flexibility index (Phi) is 2.67. The highest BCUT2D eigenvalue weighted by Crippen LogP contribution is 2.34. The van der Waals surface area contributed by atoms with Crippen molar-refractivity contribution in [3.05, 3.63) is 23.8 Å². The predicted molar refractivity (Wildman–Crippen MR) is 66.0 cm³/mol. The van der Waals surface area contributed by atoms with Crippen molar-refractivity contribution in [3.63, 3.8) is 0 Å². The maximum Gasteiger partial charge on any atom is 0.125 e. The van der Waals surface area contributed by atoms with Crippen LogP contribution in [0.3, 0.4) is 0 Å². The zero-order valence-electron chi connectivity index (χ0n) is 10.1. The van der Waals surface area contributed by atoms with Crippen molar-refractivity contribution in [1.82, 2.24) is 9.78 Å². The number of hydrogen-bond acceptors (Lipinski definition) is 4. The fourth-order valence-electron chi connectivity index (χ4n) is 1.71. The van der Waals surface area contributed by atoms with E-state index in [0.717, 1.165) is 5.56 Å². The van der Waals surface area contributed by atoms with Gasteiger partial charge in [-0.2, -0.15) is 5.10 Å². The van der Waals surface area contributed by atoms with E-state index in [2.05, 4.69) is 5.10 Å². The normalized spacial score (nSPS) is 10.5. The lowest BCUT2D eigenvalue weighted by molar-refractivity contribution is 0.409. The highest BCUT2D eigenvalue weighted by molar-refractivity contribution is 5.71. The molecular weight excluding hydrogens is 218 g/mol. The molecule has 0 unspecified atom stereocenters. The standard InChI is InChI=1S/C12H15N3O2/c1-7-4-10(16)8(5-11(7)17-3)9-6-12(13)15(2)14-9/h4-6,16H,13H2,1-3H3. The summed E-state index contributed by atoms with van der Waals surface area (Å²) in [6.45, 7) is 1.87. The van der Waals surface area contributed by atoms with Crippen LogP contribution < -0.4 is 10.5 Å². The van der Waals surface area contributed by atoms with Crippen LogP contribution in [0.2, 0.25) is 0 Å². The van der Waals surface area contributed by atoms with Gasteiger partial charge in [0.2, 0.25) is 0 Å². The molecule has 17 heavy (non-hydrogen) atoms. The third kappa shape index (κ3) is 1.91. The van der Waals surface area contributed by atoms with Crippen LogP contribution in [0.15, 0.2) is 18.2 Å². The van der Waals surface area contributed by atoms with Gasteiger partial charge in [0.1, 0.15) is 17.3 Å². The molecule has 0 amide bonds. The van der Waals surface area contributed by atoms with Crippen LogP contribution in [0.5, 0.6) is 11.5 Å². The van der Waals surface area contributed by atoms with Crippen LogP contribution in [0.25, 0.3) is 11.3 Å². The molecule has 0 saturated carbocycles. The Balaban J connectivity index is 2.58. The predicted octanol–water partition coefficient (Wildman–Crippen LogP) is 1.69. The smallest absolute Gasteiger partial charge is 0.125 e. The van der Waals surface area contributed by atoms with Gasteiger partial charge in [-0.05, 0) is 24.6 Å². The second-order valence-corrected chi connectivity index (χ2v) is 3.92. The number of benzene rings is 1. The number of rotatable bonds is 2. The fraction of sp³-hybridized carbons (Fsp3) is 0.250. The Bertz CT molecular complexity index is 542. The van der Waals surface area contributed by atoms with Crippen LogP contribution in [-0.2, 0) is 7.05 Å². The molecule has 0 saturated heterocycles. The Morgan fingerprint density at radius 2 is 2.06 bits per heavy atom. The molecule has 1 heterocycles. The van der Waals surface area contributed by atoms with Gasteiger partial charge in [0, 0.05) is 18.7 Å². The molecule has 2 aromatic rings. The van der Waals surface area contributed by atoms with Gasteiger partial charge < -0.3 is 15.6 Å². The second-order valence-electron chi connectivity index (χ2n) is 3.92. The molecule has 2 rings (SSSR count). The first-order valence-electron chi connectivity index (χ1n) is 5.20. The summed E-state index contributed by atoms with van der Waals surface area (Å²) in [5.41, 5.74) is 7.83. The van der Waals surface area contributed by atoms with Gasteiger partial charge in [0.15, 0.2) is 0 Å². The fourth-order valence-corrected chi connectivity index (χ4v) is 1.71. The van der Waals surface area contributed by atoms with Gasteiger partial charge in [0.25, 0.3) is 0 Å². The Hall–Kier alpha value is -2.17. The molecule has 5 nitrogen and oxygen atoms in total. The first kappa shape index (κ1) is 11.3. The van der Waals surface area contributed by atoms with E-state index in [1.54, 1.807) is 37.0 Å². The second kappa shape index (κ2) is 4.01. The number of phenols is 1. The van der Waals surface area contributed by atoms with Crippen molar-refractivity contribution in [2.75, 3.05) is 12.8 Å². The highest BCUT2D eigenvalue weighted by atomic mass is 16.5. The molecule has 0 aliphatic rings. The SMILES string of the molecule is COc1cc(-c2cc(N)n(C)n2)c(O)cc1C. The summed E-state index contributed by atoms with van der Waals surface area (Å²) in [6.07, 6.45) is 0. The maximum atomic E-state index is 9.92. The lowest BCUT2D eigenvalue weighted by Gasteiger charge is -2.08. The number of nitrogens with two attached hydrogens (primary N) is 1. The molecule has 3 N–H and O–H groups in total. The summed E-state index contributed by atoms with van der Waals surface area (Å²) in [5, 5.41) is 14.1. The lowest BCUT2D eigenvalue weighted by atomic mass is 10.1. The molecule has 0 fully saturated rings. The number of nitrogen functional groups attached to an aromatic ring is 1. The van der Waals surface area contributed by atoms with E-state index in [1.807, 2.05) is 6.92 Å². The summed E-state index contributed by atoms with van der Waals surface area (Å²) >= 11 is 0. The van der Waals surface area contributed by atoms with Crippen molar-refractivity contribution < 1.29 is 9.84 Å². The molecule has 1 aromatic carbocycles. The molecular formula is C12H15N3O2. The van der Waals surface area contributed by atoms with E-state index in [1.165, 1.54) is 0 Å². The number of anilines is 1. The van der Waals surface area contributed by atoms with Gasteiger partial charge in [-0.25, -0.2) is 0 Å². The molecule has 90 valence electrons. The minimum atomic E-state index is 0.168. The van der Waals surface area contributed by atoms with Gasteiger partial charge in [0.05, 0.1) is 12.8 Å². The number of aromatic nitrogens is 2. The topological polar surface area (TPSA) is 73.3 Å². The molecule has 0 atom stereocenters. The molecule has 1 aromatic heterocycles. The van der Waals surface area contributed by atoms with E-state index < -0.39 is 0 Å². The molecule has 0 bridgehead atoms. The maximum absolute atomic E-state index is 9.92. The molecule has 0 radical (unpaired) electrons. The minimum Gasteiger partial charge on any atom is -0.507 e. The number of nitrogens with zero attached hydrogens (tertiary/aromatic N) is 2. The largest absolute Gasteiger partial charge is 0.507 e. The highest BCUT2D eigenvalue weighted by Gasteiger charge is 2.12. The number of ether oxygens (including phenoxy) is 1. The van der Waals surface area contributed by atoms with Crippen LogP contribution in [-0.4, -0.2) is 22.0 Å². The van der Waals surface area contributed by atoms with Crippen molar-refractivity contribution in [3.8, 4) is 22.8 Å². The van der Waals surface area contributed by atoms with Crippen LogP contribution >= 0.6 is 0 Å². The van der Waals surface area contributed by atoms with Gasteiger partial charge in [-0.3, -0.25) is 4.68 Å². The number of phenolic OH excluding ortho intramolecular Hbond substituents is 1. The number of hydrogen-bond donors (Lipinski definition) is 2. The average molecular weight is 233 g/mol. The van der Waals surface area contributed by atoms with Crippen molar-refractivity contribution in [2.45, 2.75) is 6.92 Å². The average Bonchev–Trinajstić information content (AvgIpc) is 2.59. The summed E-state index contributed by atoms with van der Waals surface area (Å²) in [6, 6.07) is 5.12. The molecule has 5 heteroatoms. The lowest BCUT2D eigenvalue weighted by Crippen LogP contribution is -1.96. The minimum absolute atomic E-state index is 0.168. The Labute approximate surface area is 99.4 Å². The third-order valence-corrected chi connectivity index (χ3v) is 2.71. The third-order valence-electron chi connectivity index (χ3n) is 2.71. The molecule has 0 aliphatic carbocycles. The van der Waals surface area contributed by atoms with Crippen molar-refractivity contribution in [1.29, 1.82) is 0 Å². The van der Waals surface area contributed by atoms with E-state index in [4.69, 9.17) is 10.5 Å². The quantitative estimate of drug-likeness (QED) is 0.827. The van der Waals surface area contributed by atoms with E-state index in [9.17, 15) is 5.11 Å². The first-order chi connectivity index (χ1) is 8.02. The van der Waals surface area contributed by atoms with E-state index in [0.29, 0.717) is 22.8 Å². The van der Waals surface area contributed by atoms with Crippen molar-refractivity contribution >= 4 is 5.82 Å². The first-order valence-corrected chi connectivity index (χ1v) is 5.20. The summed E-state index contributed by atoms with van der Waals surface area (Å²) in [5.74, 6) is 1.42. The van der Waals surface area contributed by atoms with E-state index >= 15 is 0 Å². The molecule has 0 spiro atoms. The Morgan fingerprint density at radius 1 is 1.35 bits per heavy atom. The summed E-state index contributed by atoms with van der Waals surface area (Å²) in [4.78, 5) is 0. The van der Waals surface area contributed by atoms with Crippen molar-refractivity contribution in [2.24, 2.45) is 7.05 Å². The van der Waals surface area contributed by atoms with Gasteiger partial charge in [-0.15, -0.1) is 0 Å². The van der Waals surface area contributed by atoms with Crippen LogP contribution in [0, 0.1) is 6.92 Å². The van der Waals surface area contributed by atoms with Gasteiger partial charge >= 0.3 is 0 Å². The number of methoxy groups -OCH3 is 1. The van der Waals surface area contributed by atoms with Crippen LogP contribution in [0.4, 0.5) is 5.82 Å². The van der Waals surface area contributed by atoms with E-state index in [-0.39, 0.29) is 5.75 Å².